The highest BCUT2D eigenvalue weighted by Gasteiger charge is 2.30. The van der Waals surface area contributed by atoms with Crippen molar-refractivity contribution in [2.45, 2.75) is 32.4 Å². The maximum absolute atomic E-state index is 12.4. The van der Waals surface area contributed by atoms with E-state index in [9.17, 15) is 4.79 Å². The van der Waals surface area contributed by atoms with Crippen LogP contribution in [0.4, 0.5) is 4.79 Å². The number of carbonyl (C=O) groups is 1. The zero-order valence-corrected chi connectivity index (χ0v) is 11.9. The van der Waals surface area contributed by atoms with E-state index in [4.69, 9.17) is 0 Å². The van der Waals surface area contributed by atoms with Gasteiger partial charge in [-0.05, 0) is 33.4 Å². The first kappa shape index (κ1) is 13.6. The number of urea groups is 1. The fourth-order valence-corrected chi connectivity index (χ4v) is 2.70. The molecule has 2 saturated heterocycles. The van der Waals surface area contributed by atoms with Crippen molar-refractivity contribution >= 4 is 6.03 Å². The number of piperazine rings is 1. The molecule has 0 aromatic rings. The molecule has 2 fully saturated rings. The lowest BCUT2D eigenvalue weighted by atomic mass is 10.1. The Balaban J connectivity index is 1.83. The highest BCUT2D eigenvalue weighted by molar-refractivity contribution is 5.75. The predicted octanol–water partition coefficient (Wildman–Crippen LogP) is 0.426. The van der Waals surface area contributed by atoms with Gasteiger partial charge in [0.25, 0.3) is 0 Å². The summed E-state index contributed by atoms with van der Waals surface area (Å²) in [6.45, 7) is 10.3. The van der Waals surface area contributed by atoms with E-state index in [-0.39, 0.29) is 18.1 Å². The Morgan fingerprint density at radius 2 is 1.89 bits per heavy atom. The molecule has 2 amide bonds. The molecule has 0 radical (unpaired) electrons. The number of likely N-dealkylation sites (tertiary alicyclic amines) is 1. The minimum Gasteiger partial charge on any atom is -0.326 e. The van der Waals surface area contributed by atoms with Gasteiger partial charge in [0.05, 0.1) is 0 Å². The van der Waals surface area contributed by atoms with Gasteiger partial charge in [0.2, 0.25) is 0 Å². The van der Waals surface area contributed by atoms with Crippen LogP contribution in [-0.2, 0) is 0 Å². The minimum atomic E-state index is 0.178. The van der Waals surface area contributed by atoms with Crippen LogP contribution in [0.15, 0.2) is 0 Å². The summed E-state index contributed by atoms with van der Waals surface area (Å²) < 4.78 is 0. The zero-order chi connectivity index (χ0) is 13.1. The third-order valence-electron chi connectivity index (χ3n) is 4.08. The second kappa shape index (κ2) is 5.89. The van der Waals surface area contributed by atoms with Crippen molar-refractivity contribution < 1.29 is 4.79 Å². The summed E-state index contributed by atoms with van der Waals surface area (Å²) in [6, 6.07) is 0.748. The summed E-state index contributed by atoms with van der Waals surface area (Å²) >= 11 is 0. The van der Waals surface area contributed by atoms with Crippen molar-refractivity contribution in [3.63, 3.8) is 0 Å². The Bertz CT molecular complexity index is 283. The number of hydrogen-bond acceptors (Lipinski definition) is 3. The molecule has 0 aromatic heterocycles. The predicted molar refractivity (Wildman–Crippen MR) is 72.7 cm³/mol. The maximum atomic E-state index is 12.4. The Morgan fingerprint density at radius 3 is 2.39 bits per heavy atom. The molecule has 5 nitrogen and oxygen atoms in total. The molecule has 0 saturated carbocycles. The van der Waals surface area contributed by atoms with Crippen molar-refractivity contribution in [2.75, 3.05) is 46.3 Å². The number of nitrogens with zero attached hydrogens (tertiary/aromatic N) is 3. The van der Waals surface area contributed by atoms with Crippen LogP contribution in [0.3, 0.4) is 0 Å². The van der Waals surface area contributed by atoms with Crippen molar-refractivity contribution in [2.24, 2.45) is 0 Å². The number of rotatable bonds is 3. The molecule has 104 valence electrons. The van der Waals surface area contributed by atoms with Gasteiger partial charge in [0.1, 0.15) is 0 Å². The summed E-state index contributed by atoms with van der Waals surface area (Å²) in [5.74, 6) is 0. The third kappa shape index (κ3) is 2.95. The Kier molecular flexibility index (Phi) is 4.45. The highest BCUT2D eigenvalue weighted by atomic mass is 16.2. The summed E-state index contributed by atoms with van der Waals surface area (Å²) in [6.07, 6.45) is 1.31. The summed E-state index contributed by atoms with van der Waals surface area (Å²) in [4.78, 5) is 18.7. The SMILES string of the molecule is C[C@H]1CNC[C@H](C)N1C(=O)N(C)CCN1CCC1. The van der Waals surface area contributed by atoms with Crippen LogP contribution in [0.1, 0.15) is 20.3 Å². The molecule has 5 heteroatoms. The first-order chi connectivity index (χ1) is 8.59. The Labute approximate surface area is 110 Å². The van der Waals surface area contributed by atoms with Crippen LogP contribution in [-0.4, -0.2) is 79.1 Å². The first-order valence-electron chi connectivity index (χ1n) is 7.06. The van der Waals surface area contributed by atoms with Crippen LogP contribution in [0.25, 0.3) is 0 Å². The average molecular weight is 254 g/mol. The van der Waals surface area contributed by atoms with Gasteiger partial charge >= 0.3 is 6.03 Å². The van der Waals surface area contributed by atoms with Gasteiger partial charge in [0, 0.05) is 45.3 Å². The minimum absolute atomic E-state index is 0.178. The van der Waals surface area contributed by atoms with E-state index >= 15 is 0 Å². The van der Waals surface area contributed by atoms with Gasteiger partial charge in [-0.1, -0.05) is 0 Å². The van der Waals surface area contributed by atoms with E-state index in [0.717, 1.165) is 26.2 Å². The second-order valence-electron chi connectivity index (χ2n) is 5.66. The normalized spacial score (nSPS) is 28.9. The lowest BCUT2D eigenvalue weighted by Crippen LogP contribution is -2.60. The summed E-state index contributed by atoms with van der Waals surface area (Å²) in [5.41, 5.74) is 0. The molecule has 0 bridgehead atoms. The standard InChI is InChI=1S/C13H26N4O/c1-11-9-14-10-12(2)17(11)13(18)15(3)7-8-16-5-4-6-16/h11-12,14H,4-10H2,1-3H3/t11-,12-/m0/s1. The molecule has 0 spiro atoms. The van der Waals surface area contributed by atoms with Crippen molar-refractivity contribution in [3.05, 3.63) is 0 Å². The number of likely N-dealkylation sites (N-methyl/N-ethyl adjacent to an activating group) is 1. The van der Waals surface area contributed by atoms with E-state index in [1.807, 2.05) is 16.8 Å². The van der Waals surface area contributed by atoms with Gasteiger partial charge in [0.15, 0.2) is 0 Å². The lowest BCUT2D eigenvalue weighted by molar-refractivity contribution is 0.0979. The molecule has 2 heterocycles. The van der Waals surface area contributed by atoms with Gasteiger partial charge in [-0.2, -0.15) is 0 Å². The Hall–Kier alpha value is -0.810. The van der Waals surface area contributed by atoms with Crippen molar-refractivity contribution in [1.29, 1.82) is 0 Å². The van der Waals surface area contributed by atoms with Crippen LogP contribution in [0, 0.1) is 0 Å². The van der Waals surface area contributed by atoms with Crippen LogP contribution < -0.4 is 5.32 Å². The molecule has 2 aliphatic heterocycles. The number of nitrogens with one attached hydrogen (secondary N) is 1. The average Bonchev–Trinajstić information content (AvgIpc) is 2.26. The van der Waals surface area contributed by atoms with Gasteiger partial charge < -0.3 is 20.0 Å². The zero-order valence-electron chi connectivity index (χ0n) is 11.9. The monoisotopic (exact) mass is 254 g/mol. The molecule has 2 aliphatic rings. The molecule has 1 N–H and O–H groups in total. The number of amides is 2. The molecular weight excluding hydrogens is 228 g/mol. The second-order valence-corrected chi connectivity index (χ2v) is 5.66. The number of hydrogen-bond donors (Lipinski definition) is 1. The van der Waals surface area contributed by atoms with Crippen LogP contribution in [0.2, 0.25) is 0 Å². The van der Waals surface area contributed by atoms with E-state index in [0.29, 0.717) is 0 Å². The van der Waals surface area contributed by atoms with E-state index in [2.05, 4.69) is 24.1 Å². The van der Waals surface area contributed by atoms with Crippen molar-refractivity contribution in [3.8, 4) is 0 Å². The van der Waals surface area contributed by atoms with Crippen LogP contribution >= 0.6 is 0 Å². The van der Waals surface area contributed by atoms with Gasteiger partial charge in [-0.25, -0.2) is 4.79 Å². The molecule has 0 aliphatic carbocycles. The fourth-order valence-electron chi connectivity index (χ4n) is 2.70. The molecule has 0 aromatic carbocycles. The fraction of sp³-hybridized carbons (Fsp3) is 0.923. The molecule has 0 unspecified atom stereocenters. The van der Waals surface area contributed by atoms with Crippen molar-refractivity contribution in [1.82, 2.24) is 20.0 Å². The van der Waals surface area contributed by atoms with E-state index in [1.165, 1.54) is 19.5 Å². The quantitative estimate of drug-likeness (QED) is 0.793. The summed E-state index contributed by atoms with van der Waals surface area (Å²) in [7, 11) is 1.92. The highest BCUT2D eigenvalue weighted by Crippen LogP contribution is 2.13. The smallest absolute Gasteiger partial charge is 0.320 e. The topological polar surface area (TPSA) is 38.8 Å². The molecule has 2 atom stereocenters. The van der Waals surface area contributed by atoms with Crippen LogP contribution in [0.5, 0.6) is 0 Å². The third-order valence-corrected chi connectivity index (χ3v) is 4.08. The van der Waals surface area contributed by atoms with E-state index < -0.39 is 0 Å². The molecule has 2 rings (SSSR count). The first-order valence-corrected chi connectivity index (χ1v) is 7.06. The van der Waals surface area contributed by atoms with Gasteiger partial charge in [-0.3, -0.25) is 0 Å². The number of carbonyl (C=O) groups excluding carboxylic acids is 1. The molecular formula is C13H26N4O. The maximum Gasteiger partial charge on any atom is 0.320 e. The van der Waals surface area contributed by atoms with Gasteiger partial charge in [-0.15, -0.1) is 0 Å². The van der Waals surface area contributed by atoms with E-state index in [1.54, 1.807) is 0 Å². The Morgan fingerprint density at radius 1 is 1.28 bits per heavy atom. The molecule has 18 heavy (non-hydrogen) atoms. The lowest BCUT2D eigenvalue weighted by Gasteiger charge is -2.42. The largest absolute Gasteiger partial charge is 0.326 e. The summed E-state index contributed by atoms with van der Waals surface area (Å²) in [5, 5.41) is 3.36.